The quantitative estimate of drug-likeness (QED) is 0.477. The standard InChI is InChI=1S/C12H15BrN2O3/c13-10-3-1-4-11(15(16)17)12(10)18-8-2-7-14-9-5-6-9/h1,3-4,9,14H,2,5-8H2. The molecule has 0 bridgehead atoms. The summed E-state index contributed by atoms with van der Waals surface area (Å²) in [4.78, 5) is 10.4. The predicted molar refractivity (Wildman–Crippen MR) is 71.9 cm³/mol. The maximum atomic E-state index is 10.9. The number of hydrogen-bond donors (Lipinski definition) is 1. The van der Waals surface area contributed by atoms with Crippen LogP contribution >= 0.6 is 15.9 Å². The Kier molecular flexibility index (Phi) is 4.54. The number of nitro benzene ring substituents is 1. The lowest BCUT2D eigenvalue weighted by molar-refractivity contribution is -0.386. The van der Waals surface area contributed by atoms with Crippen LogP contribution in [-0.4, -0.2) is 24.1 Å². The number of nitrogens with zero attached hydrogens (tertiary/aromatic N) is 1. The minimum Gasteiger partial charge on any atom is -0.486 e. The molecule has 1 N–H and O–H groups in total. The van der Waals surface area contributed by atoms with Gasteiger partial charge in [-0.05, 0) is 47.8 Å². The van der Waals surface area contributed by atoms with Crippen LogP contribution in [0.1, 0.15) is 19.3 Å². The molecular weight excluding hydrogens is 300 g/mol. The Labute approximate surface area is 114 Å². The van der Waals surface area contributed by atoms with Gasteiger partial charge in [0.1, 0.15) is 0 Å². The van der Waals surface area contributed by atoms with Gasteiger partial charge in [-0.1, -0.05) is 6.07 Å². The minimum atomic E-state index is -0.428. The summed E-state index contributed by atoms with van der Waals surface area (Å²) in [5.74, 6) is 0.314. The van der Waals surface area contributed by atoms with Crippen LogP contribution in [0.5, 0.6) is 5.75 Å². The van der Waals surface area contributed by atoms with Crippen molar-refractivity contribution in [3.63, 3.8) is 0 Å². The van der Waals surface area contributed by atoms with Gasteiger partial charge >= 0.3 is 5.69 Å². The number of halogens is 1. The minimum absolute atomic E-state index is 0.000438. The van der Waals surface area contributed by atoms with Gasteiger partial charge in [-0.25, -0.2) is 0 Å². The topological polar surface area (TPSA) is 64.4 Å². The number of ether oxygens (including phenoxy) is 1. The normalized spacial score (nSPS) is 14.5. The summed E-state index contributed by atoms with van der Waals surface area (Å²) in [6, 6.07) is 5.50. The Bertz CT molecular complexity index is 435. The monoisotopic (exact) mass is 314 g/mol. The molecule has 2 rings (SSSR count). The van der Waals surface area contributed by atoms with Crippen LogP contribution < -0.4 is 10.1 Å². The van der Waals surface area contributed by atoms with Gasteiger partial charge in [0.25, 0.3) is 0 Å². The van der Waals surface area contributed by atoms with Gasteiger partial charge in [-0.2, -0.15) is 0 Å². The smallest absolute Gasteiger partial charge is 0.312 e. The van der Waals surface area contributed by atoms with E-state index in [-0.39, 0.29) is 5.69 Å². The summed E-state index contributed by atoms with van der Waals surface area (Å²) in [7, 11) is 0. The zero-order valence-electron chi connectivity index (χ0n) is 9.89. The fraction of sp³-hybridized carbons (Fsp3) is 0.500. The van der Waals surface area contributed by atoms with Crippen molar-refractivity contribution in [3.8, 4) is 5.75 Å². The second kappa shape index (κ2) is 6.15. The summed E-state index contributed by atoms with van der Waals surface area (Å²) in [5.41, 5.74) is -0.000438. The van der Waals surface area contributed by atoms with Crippen LogP contribution in [0.4, 0.5) is 5.69 Å². The molecule has 1 saturated carbocycles. The lowest BCUT2D eigenvalue weighted by atomic mass is 10.3. The fourth-order valence-electron chi connectivity index (χ4n) is 1.62. The van der Waals surface area contributed by atoms with E-state index in [2.05, 4.69) is 21.2 Å². The number of nitrogens with one attached hydrogen (secondary N) is 1. The van der Waals surface area contributed by atoms with Crippen molar-refractivity contribution in [2.75, 3.05) is 13.2 Å². The number of nitro groups is 1. The van der Waals surface area contributed by atoms with Crippen LogP contribution in [-0.2, 0) is 0 Å². The van der Waals surface area contributed by atoms with Gasteiger partial charge < -0.3 is 10.1 Å². The molecule has 1 aliphatic carbocycles. The number of para-hydroxylation sites is 1. The Morgan fingerprint density at radius 1 is 1.50 bits per heavy atom. The zero-order chi connectivity index (χ0) is 13.0. The molecule has 0 aromatic heterocycles. The van der Waals surface area contributed by atoms with Crippen molar-refractivity contribution < 1.29 is 9.66 Å². The maximum Gasteiger partial charge on any atom is 0.312 e. The van der Waals surface area contributed by atoms with E-state index in [0.717, 1.165) is 13.0 Å². The summed E-state index contributed by atoms with van der Waals surface area (Å²) >= 11 is 3.27. The molecule has 0 heterocycles. The van der Waals surface area contributed by atoms with E-state index in [1.165, 1.54) is 18.9 Å². The van der Waals surface area contributed by atoms with Gasteiger partial charge in [0.05, 0.1) is 16.0 Å². The summed E-state index contributed by atoms with van der Waals surface area (Å²) in [6.45, 7) is 1.37. The van der Waals surface area contributed by atoms with E-state index >= 15 is 0 Å². The Balaban J connectivity index is 1.84. The molecule has 0 saturated heterocycles. The molecule has 5 nitrogen and oxygen atoms in total. The average molecular weight is 315 g/mol. The number of rotatable bonds is 7. The van der Waals surface area contributed by atoms with E-state index in [9.17, 15) is 10.1 Å². The first-order chi connectivity index (χ1) is 8.68. The van der Waals surface area contributed by atoms with Gasteiger partial charge in [0.2, 0.25) is 5.75 Å². The highest BCUT2D eigenvalue weighted by molar-refractivity contribution is 9.10. The van der Waals surface area contributed by atoms with E-state index in [1.54, 1.807) is 12.1 Å². The Hall–Kier alpha value is -1.14. The van der Waals surface area contributed by atoms with Crippen molar-refractivity contribution in [3.05, 3.63) is 32.8 Å². The molecular formula is C12H15BrN2O3. The SMILES string of the molecule is O=[N+]([O-])c1cccc(Br)c1OCCCNC1CC1. The van der Waals surface area contributed by atoms with Gasteiger partial charge in [0, 0.05) is 12.1 Å². The molecule has 1 fully saturated rings. The molecule has 0 unspecified atom stereocenters. The highest BCUT2D eigenvalue weighted by Gasteiger charge is 2.20. The van der Waals surface area contributed by atoms with Gasteiger partial charge in [-0.3, -0.25) is 10.1 Å². The fourth-order valence-corrected chi connectivity index (χ4v) is 2.09. The molecule has 0 atom stereocenters. The second-order valence-electron chi connectivity index (χ2n) is 4.28. The molecule has 18 heavy (non-hydrogen) atoms. The van der Waals surface area contributed by atoms with E-state index < -0.39 is 4.92 Å². The van der Waals surface area contributed by atoms with Crippen LogP contribution in [0.25, 0.3) is 0 Å². The molecule has 6 heteroatoms. The number of hydrogen-bond acceptors (Lipinski definition) is 4. The van der Waals surface area contributed by atoms with E-state index in [4.69, 9.17) is 4.74 Å². The van der Waals surface area contributed by atoms with E-state index in [1.807, 2.05) is 0 Å². The van der Waals surface area contributed by atoms with Crippen molar-refractivity contribution in [1.82, 2.24) is 5.32 Å². The molecule has 1 aromatic rings. The molecule has 1 aromatic carbocycles. The summed E-state index contributed by atoms with van der Waals surface area (Å²) in [5, 5.41) is 14.2. The van der Waals surface area contributed by atoms with Crippen molar-refractivity contribution in [2.24, 2.45) is 0 Å². The zero-order valence-corrected chi connectivity index (χ0v) is 11.5. The van der Waals surface area contributed by atoms with Crippen LogP contribution in [0.15, 0.2) is 22.7 Å². The van der Waals surface area contributed by atoms with Gasteiger partial charge in [-0.15, -0.1) is 0 Å². The van der Waals surface area contributed by atoms with Crippen molar-refractivity contribution in [2.45, 2.75) is 25.3 Å². The molecule has 0 radical (unpaired) electrons. The van der Waals surface area contributed by atoms with Crippen LogP contribution in [0, 0.1) is 10.1 Å². The molecule has 0 amide bonds. The molecule has 0 spiro atoms. The van der Waals surface area contributed by atoms with Crippen molar-refractivity contribution in [1.29, 1.82) is 0 Å². The molecule has 1 aliphatic rings. The highest BCUT2D eigenvalue weighted by Crippen LogP contribution is 2.34. The average Bonchev–Trinajstić information content (AvgIpc) is 3.14. The van der Waals surface area contributed by atoms with Crippen LogP contribution in [0.3, 0.4) is 0 Å². The number of benzene rings is 1. The second-order valence-corrected chi connectivity index (χ2v) is 5.13. The first kappa shape index (κ1) is 13.3. The lowest BCUT2D eigenvalue weighted by Crippen LogP contribution is -2.19. The van der Waals surface area contributed by atoms with Gasteiger partial charge in [0.15, 0.2) is 0 Å². The predicted octanol–water partition coefficient (Wildman–Crippen LogP) is 2.88. The first-order valence-corrected chi connectivity index (χ1v) is 6.77. The molecule has 98 valence electrons. The maximum absolute atomic E-state index is 10.9. The van der Waals surface area contributed by atoms with Crippen LogP contribution in [0.2, 0.25) is 0 Å². The van der Waals surface area contributed by atoms with Crippen molar-refractivity contribution >= 4 is 21.6 Å². The third-order valence-electron chi connectivity index (χ3n) is 2.72. The third kappa shape index (κ3) is 3.68. The first-order valence-electron chi connectivity index (χ1n) is 5.97. The largest absolute Gasteiger partial charge is 0.486 e. The summed E-state index contributed by atoms with van der Waals surface area (Å²) < 4.78 is 6.12. The third-order valence-corrected chi connectivity index (χ3v) is 3.35. The Morgan fingerprint density at radius 3 is 2.94 bits per heavy atom. The highest BCUT2D eigenvalue weighted by atomic mass is 79.9. The van der Waals surface area contributed by atoms with E-state index in [0.29, 0.717) is 22.9 Å². The lowest BCUT2D eigenvalue weighted by Gasteiger charge is -2.08. The summed E-state index contributed by atoms with van der Waals surface area (Å²) in [6.07, 6.45) is 3.36. The Morgan fingerprint density at radius 2 is 2.28 bits per heavy atom. The molecule has 0 aliphatic heterocycles.